The Balaban J connectivity index is 1.84. The van der Waals surface area contributed by atoms with Gasteiger partial charge in [-0.1, -0.05) is 0 Å². The highest BCUT2D eigenvalue weighted by molar-refractivity contribution is 5.78. The summed E-state index contributed by atoms with van der Waals surface area (Å²) in [5.74, 6) is 0.392. The Morgan fingerprint density at radius 2 is 2.20 bits per heavy atom. The molecule has 15 heavy (non-hydrogen) atoms. The number of nitrogens with two attached hydrogens (primary N) is 1. The van der Waals surface area contributed by atoms with Gasteiger partial charge in [-0.2, -0.15) is 0 Å². The van der Waals surface area contributed by atoms with Crippen molar-refractivity contribution in [2.75, 3.05) is 20.1 Å². The molecule has 1 saturated carbocycles. The van der Waals surface area contributed by atoms with Crippen molar-refractivity contribution in [3.8, 4) is 0 Å². The number of hydrogen-bond acceptors (Lipinski definition) is 3. The number of rotatable bonds is 2. The first-order valence-electron chi connectivity index (χ1n) is 5.92. The van der Waals surface area contributed by atoms with Gasteiger partial charge in [0.15, 0.2) is 0 Å². The summed E-state index contributed by atoms with van der Waals surface area (Å²) in [6.45, 7) is 2.07. The second-order valence-electron chi connectivity index (χ2n) is 4.83. The molecule has 1 amide bonds. The van der Waals surface area contributed by atoms with Crippen molar-refractivity contribution in [2.45, 2.75) is 37.8 Å². The molecule has 2 aliphatic rings. The van der Waals surface area contributed by atoms with Crippen LogP contribution >= 0.6 is 0 Å². The molecule has 4 heteroatoms. The molecule has 0 aromatic heterocycles. The molecule has 2 rings (SSSR count). The zero-order chi connectivity index (χ0) is 10.8. The minimum absolute atomic E-state index is 0.195. The Labute approximate surface area is 91.2 Å². The number of nitrogens with one attached hydrogen (secondary N) is 1. The van der Waals surface area contributed by atoms with Crippen LogP contribution in [0.3, 0.4) is 0 Å². The summed E-state index contributed by atoms with van der Waals surface area (Å²) in [6, 6.07) is 1.04. The maximum Gasteiger partial charge on any atom is 0.224 e. The van der Waals surface area contributed by atoms with Crippen molar-refractivity contribution in [2.24, 2.45) is 11.7 Å². The lowest BCUT2D eigenvalue weighted by Gasteiger charge is -2.44. The number of hydrogen-bond donors (Lipinski definition) is 2. The van der Waals surface area contributed by atoms with E-state index in [0.29, 0.717) is 12.1 Å². The van der Waals surface area contributed by atoms with Crippen LogP contribution in [0, 0.1) is 5.92 Å². The summed E-state index contributed by atoms with van der Waals surface area (Å²) in [5.41, 5.74) is 5.79. The summed E-state index contributed by atoms with van der Waals surface area (Å²) in [5, 5.41) is 2.75. The molecule has 0 aromatic rings. The van der Waals surface area contributed by atoms with E-state index in [-0.39, 0.29) is 11.8 Å². The van der Waals surface area contributed by atoms with Crippen LogP contribution in [0.5, 0.6) is 0 Å². The monoisotopic (exact) mass is 211 g/mol. The maximum absolute atomic E-state index is 11.5. The first-order valence-corrected chi connectivity index (χ1v) is 5.92. The van der Waals surface area contributed by atoms with Crippen LogP contribution < -0.4 is 11.1 Å². The molecule has 1 aliphatic heterocycles. The van der Waals surface area contributed by atoms with Crippen molar-refractivity contribution >= 4 is 5.91 Å². The van der Waals surface area contributed by atoms with Gasteiger partial charge in [-0.3, -0.25) is 9.69 Å². The van der Waals surface area contributed by atoms with E-state index in [0.717, 1.165) is 38.8 Å². The van der Waals surface area contributed by atoms with Crippen LogP contribution in [-0.4, -0.2) is 43.0 Å². The minimum Gasteiger partial charge on any atom is -0.359 e. The van der Waals surface area contributed by atoms with Crippen molar-refractivity contribution in [1.29, 1.82) is 0 Å². The molecule has 0 bridgehead atoms. The number of carbonyl (C=O) groups is 1. The van der Waals surface area contributed by atoms with Crippen LogP contribution in [0.2, 0.25) is 0 Å². The molecule has 1 aliphatic carbocycles. The maximum atomic E-state index is 11.5. The summed E-state index contributed by atoms with van der Waals surface area (Å²) in [7, 11) is 1.72. The van der Waals surface area contributed by atoms with Crippen molar-refractivity contribution in [3.05, 3.63) is 0 Å². The van der Waals surface area contributed by atoms with Gasteiger partial charge in [0, 0.05) is 25.7 Å². The normalized spacial score (nSPS) is 37.1. The SMILES string of the molecule is CNC(=O)C1CCCN(C2CC(N)C2)C1. The standard InChI is InChI=1S/C11H21N3O/c1-13-11(15)8-3-2-4-14(7-8)10-5-9(12)6-10/h8-10H,2-7,12H2,1H3,(H,13,15). The van der Waals surface area contributed by atoms with E-state index in [9.17, 15) is 4.79 Å². The summed E-state index contributed by atoms with van der Waals surface area (Å²) in [6.07, 6.45) is 4.40. The summed E-state index contributed by atoms with van der Waals surface area (Å²) >= 11 is 0. The van der Waals surface area contributed by atoms with Gasteiger partial charge in [0.2, 0.25) is 5.91 Å². The van der Waals surface area contributed by atoms with Gasteiger partial charge in [-0.25, -0.2) is 0 Å². The Hall–Kier alpha value is -0.610. The van der Waals surface area contributed by atoms with E-state index in [4.69, 9.17) is 5.73 Å². The van der Waals surface area contributed by atoms with Crippen LogP contribution in [0.25, 0.3) is 0 Å². The Morgan fingerprint density at radius 1 is 1.47 bits per heavy atom. The van der Waals surface area contributed by atoms with Crippen molar-refractivity contribution in [1.82, 2.24) is 10.2 Å². The van der Waals surface area contributed by atoms with Gasteiger partial charge in [0.25, 0.3) is 0 Å². The fourth-order valence-electron chi connectivity index (χ4n) is 2.68. The first kappa shape index (κ1) is 10.9. The van der Waals surface area contributed by atoms with Crippen molar-refractivity contribution in [3.63, 3.8) is 0 Å². The highest BCUT2D eigenvalue weighted by Gasteiger charge is 2.35. The van der Waals surface area contributed by atoms with Crippen molar-refractivity contribution < 1.29 is 4.79 Å². The van der Waals surface area contributed by atoms with Gasteiger partial charge in [0.05, 0.1) is 5.92 Å². The topological polar surface area (TPSA) is 58.4 Å². The van der Waals surface area contributed by atoms with Gasteiger partial charge >= 0.3 is 0 Å². The molecule has 0 aromatic carbocycles. The van der Waals surface area contributed by atoms with Crippen LogP contribution in [-0.2, 0) is 4.79 Å². The average molecular weight is 211 g/mol. The third-order valence-corrected chi connectivity index (χ3v) is 3.74. The predicted octanol–water partition coefficient (Wildman–Crippen LogP) is -0.0659. The van der Waals surface area contributed by atoms with Crippen LogP contribution in [0.15, 0.2) is 0 Å². The molecule has 0 radical (unpaired) electrons. The molecule has 1 saturated heterocycles. The van der Waals surface area contributed by atoms with Crippen LogP contribution in [0.1, 0.15) is 25.7 Å². The lowest BCUT2D eigenvalue weighted by Crippen LogP contribution is -2.54. The average Bonchev–Trinajstić information content (AvgIpc) is 2.24. The molecule has 0 spiro atoms. The number of piperidine rings is 1. The fraction of sp³-hybridized carbons (Fsp3) is 0.909. The zero-order valence-electron chi connectivity index (χ0n) is 9.41. The molecular formula is C11H21N3O. The smallest absolute Gasteiger partial charge is 0.224 e. The number of amides is 1. The molecule has 2 fully saturated rings. The molecule has 86 valence electrons. The molecule has 1 unspecified atom stereocenters. The Kier molecular flexibility index (Phi) is 3.26. The Morgan fingerprint density at radius 3 is 2.80 bits per heavy atom. The zero-order valence-corrected chi connectivity index (χ0v) is 9.41. The van der Waals surface area contributed by atoms with Gasteiger partial charge in [-0.05, 0) is 32.2 Å². The Bertz CT molecular complexity index is 238. The van der Waals surface area contributed by atoms with E-state index in [2.05, 4.69) is 10.2 Å². The van der Waals surface area contributed by atoms with Gasteiger partial charge in [-0.15, -0.1) is 0 Å². The number of carbonyl (C=O) groups excluding carboxylic acids is 1. The lowest BCUT2D eigenvalue weighted by atomic mass is 9.84. The van der Waals surface area contributed by atoms with E-state index in [1.54, 1.807) is 7.05 Å². The summed E-state index contributed by atoms with van der Waals surface area (Å²) in [4.78, 5) is 14.0. The van der Waals surface area contributed by atoms with E-state index in [1.165, 1.54) is 0 Å². The third-order valence-electron chi connectivity index (χ3n) is 3.74. The van der Waals surface area contributed by atoms with Gasteiger partial charge < -0.3 is 11.1 Å². The number of likely N-dealkylation sites (tertiary alicyclic amines) is 1. The molecular weight excluding hydrogens is 190 g/mol. The second kappa shape index (κ2) is 4.49. The predicted molar refractivity (Wildman–Crippen MR) is 59.4 cm³/mol. The van der Waals surface area contributed by atoms with E-state index in [1.807, 2.05) is 0 Å². The van der Waals surface area contributed by atoms with Gasteiger partial charge in [0.1, 0.15) is 0 Å². The summed E-state index contributed by atoms with van der Waals surface area (Å²) < 4.78 is 0. The van der Waals surface area contributed by atoms with Crippen LogP contribution in [0.4, 0.5) is 0 Å². The molecule has 1 atom stereocenters. The quantitative estimate of drug-likeness (QED) is 0.672. The molecule has 1 heterocycles. The highest BCUT2D eigenvalue weighted by Crippen LogP contribution is 2.28. The highest BCUT2D eigenvalue weighted by atomic mass is 16.1. The largest absolute Gasteiger partial charge is 0.359 e. The third kappa shape index (κ3) is 2.32. The lowest BCUT2D eigenvalue weighted by molar-refractivity contribution is -0.126. The fourth-order valence-corrected chi connectivity index (χ4v) is 2.68. The number of nitrogens with zero attached hydrogens (tertiary/aromatic N) is 1. The van der Waals surface area contributed by atoms with E-state index < -0.39 is 0 Å². The minimum atomic E-state index is 0.195. The molecule has 4 nitrogen and oxygen atoms in total. The molecule has 3 N–H and O–H groups in total. The second-order valence-corrected chi connectivity index (χ2v) is 4.83. The first-order chi connectivity index (χ1) is 7.20. The van der Waals surface area contributed by atoms with E-state index >= 15 is 0 Å².